The van der Waals surface area contributed by atoms with Crippen molar-refractivity contribution >= 4 is 21.6 Å². The molecule has 0 aliphatic carbocycles. The summed E-state index contributed by atoms with van der Waals surface area (Å²) in [5.41, 5.74) is 1.99. The van der Waals surface area contributed by atoms with Gasteiger partial charge in [-0.15, -0.1) is 0 Å². The van der Waals surface area contributed by atoms with Crippen molar-refractivity contribution in [2.24, 2.45) is 0 Å². The lowest BCUT2D eigenvalue weighted by Crippen LogP contribution is -2.40. The Hall–Kier alpha value is -3.32. The van der Waals surface area contributed by atoms with Crippen molar-refractivity contribution in [2.75, 3.05) is 38.0 Å². The van der Waals surface area contributed by atoms with E-state index in [2.05, 4.69) is 24.8 Å². The SMILES string of the molecule is O=C(C[C@@H](NS(=O)(=O)c1cccc(C(F)(F)F)c1)c1ccccc1)Nc1cnc2c(c1)CN(CCN1CCCCC1)CC2. The molecule has 230 valence electrons. The van der Waals surface area contributed by atoms with E-state index < -0.39 is 38.6 Å². The predicted molar refractivity (Wildman–Crippen MR) is 158 cm³/mol. The summed E-state index contributed by atoms with van der Waals surface area (Å²) in [6.07, 6.45) is 1.28. The van der Waals surface area contributed by atoms with Crippen LogP contribution in [0.25, 0.3) is 0 Å². The van der Waals surface area contributed by atoms with Gasteiger partial charge >= 0.3 is 6.18 Å². The standard InChI is InChI=1S/C31H36F3N5O3S/c32-31(33,34)25-10-7-11-27(19-25)43(41,42)37-29(23-8-3-1-4-9-23)20-30(40)36-26-18-24-22-39(15-12-28(24)35-21-26)17-16-38-13-5-2-6-14-38/h1,3-4,7-11,18-19,21,29,37H,2,5-6,12-17,20,22H2,(H,36,40)/t29-/m1/s1. The van der Waals surface area contributed by atoms with Gasteiger partial charge in [0.25, 0.3) is 0 Å². The second-order valence-electron chi connectivity index (χ2n) is 11.1. The van der Waals surface area contributed by atoms with Crippen LogP contribution in [-0.4, -0.2) is 61.8 Å². The molecule has 2 aliphatic rings. The maximum atomic E-state index is 13.2. The number of sulfonamides is 1. The topological polar surface area (TPSA) is 94.6 Å². The van der Waals surface area contributed by atoms with E-state index in [0.717, 1.165) is 75.1 Å². The molecule has 1 fully saturated rings. The quantitative estimate of drug-likeness (QED) is 0.334. The lowest BCUT2D eigenvalue weighted by atomic mass is 10.0. The number of hydrogen-bond donors (Lipinski definition) is 2. The van der Waals surface area contributed by atoms with Crippen LogP contribution in [0.15, 0.2) is 71.8 Å². The van der Waals surface area contributed by atoms with E-state index in [1.165, 1.54) is 19.3 Å². The second-order valence-corrected chi connectivity index (χ2v) is 12.8. The average Bonchev–Trinajstić information content (AvgIpc) is 3.00. The van der Waals surface area contributed by atoms with Gasteiger partial charge in [-0.2, -0.15) is 13.2 Å². The molecule has 8 nitrogen and oxygen atoms in total. The molecule has 1 atom stereocenters. The number of rotatable bonds is 10. The Morgan fingerprint density at radius 3 is 2.42 bits per heavy atom. The first kappa shape index (κ1) is 31.1. The number of amides is 1. The van der Waals surface area contributed by atoms with Crippen LogP contribution >= 0.6 is 0 Å². The smallest absolute Gasteiger partial charge is 0.325 e. The molecule has 3 aromatic rings. The minimum absolute atomic E-state index is 0.277. The highest BCUT2D eigenvalue weighted by Crippen LogP contribution is 2.31. The van der Waals surface area contributed by atoms with Gasteiger partial charge in [0.15, 0.2) is 0 Å². The Balaban J connectivity index is 1.25. The molecule has 5 rings (SSSR count). The van der Waals surface area contributed by atoms with Crippen LogP contribution in [0.4, 0.5) is 18.9 Å². The Labute approximate surface area is 250 Å². The number of alkyl halides is 3. The largest absolute Gasteiger partial charge is 0.416 e. The van der Waals surface area contributed by atoms with Crippen LogP contribution in [0.3, 0.4) is 0 Å². The zero-order valence-corrected chi connectivity index (χ0v) is 24.6. The van der Waals surface area contributed by atoms with Gasteiger partial charge in [-0.25, -0.2) is 13.1 Å². The van der Waals surface area contributed by atoms with Crippen molar-refractivity contribution in [1.29, 1.82) is 0 Å². The molecule has 43 heavy (non-hydrogen) atoms. The molecule has 2 N–H and O–H groups in total. The van der Waals surface area contributed by atoms with Gasteiger partial charge < -0.3 is 10.2 Å². The van der Waals surface area contributed by atoms with Gasteiger partial charge in [-0.3, -0.25) is 14.7 Å². The summed E-state index contributed by atoms with van der Waals surface area (Å²) in [6, 6.07) is 12.9. The fourth-order valence-corrected chi connectivity index (χ4v) is 6.88. The second kappa shape index (κ2) is 13.5. The molecule has 2 aliphatic heterocycles. The van der Waals surface area contributed by atoms with Crippen molar-refractivity contribution in [3.8, 4) is 0 Å². The monoisotopic (exact) mass is 615 g/mol. The fourth-order valence-electron chi connectivity index (χ4n) is 5.61. The Morgan fingerprint density at radius 2 is 1.67 bits per heavy atom. The molecular formula is C31H36F3N5O3S. The van der Waals surface area contributed by atoms with Crippen molar-refractivity contribution in [3.05, 3.63) is 89.2 Å². The minimum atomic E-state index is -4.70. The Bertz CT molecular complexity index is 1510. The number of halogens is 3. The van der Waals surface area contributed by atoms with Crippen LogP contribution in [-0.2, 0) is 34.0 Å². The number of pyridine rings is 1. The number of fused-ring (bicyclic) bond motifs is 1. The maximum absolute atomic E-state index is 13.2. The number of nitrogens with one attached hydrogen (secondary N) is 2. The molecule has 0 unspecified atom stereocenters. The third-order valence-corrected chi connectivity index (χ3v) is 9.41. The van der Waals surface area contributed by atoms with E-state index in [4.69, 9.17) is 0 Å². The first-order valence-electron chi connectivity index (χ1n) is 14.5. The number of piperidine rings is 1. The minimum Gasteiger partial charge on any atom is -0.325 e. The van der Waals surface area contributed by atoms with Gasteiger partial charge in [0.1, 0.15) is 0 Å². The molecule has 0 bridgehead atoms. The van der Waals surface area contributed by atoms with E-state index in [-0.39, 0.29) is 6.42 Å². The summed E-state index contributed by atoms with van der Waals surface area (Å²) in [7, 11) is -4.39. The molecule has 3 heterocycles. The van der Waals surface area contributed by atoms with Gasteiger partial charge in [0, 0.05) is 44.7 Å². The maximum Gasteiger partial charge on any atom is 0.416 e. The zero-order chi connectivity index (χ0) is 30.5. The van der Waals surface area contributed by atoms with E-state index in [1.807, 2.05) is 6.07 Å². The highest BCUT2D eigenvalue weighted by Gasteiger charge is 2.32. The molecular weight excluding hydrogens is 579 g/mol. The van der Waals surface area contributed by atoms with Crippen LogP contribution in [0.5, 0.6) is 0 Å². The third kappa shape index (κ3) is 8.41. The third-order valence-electron chi connectivity index (χ3n) is 7.94. The lowest BCUT2D eigenvalue weighted by Gasteiger charge is -2.32. The number of hydrogen-bond acceptors (Lipinski definition) is 6. The van der Waals surface area contributed by atoms with E-state index in [1.54, 1.807) is 36.5 Å². The number of carbonyl (C=O) groups excluding carboxylic acids is 1. The van der Waals surface area contributed by atoms with E-state index in [0.29, 0.717) is 17.3 Å². The van der Waals surface area contributed by atoms with Crippen LogP contribution in [0.1, 0.15) is 54.1 Å². The van der Waals surface area contributed by atoms with Crippen molar-refractivity contribution < 1.29 is 26.4 Å². The number of anilines is 1. The predicted octanol–water partition coefficient (Wildman–Crippen LogP) is 4.99. The summed E-state index contributed by atoms with van der Waals surface area (Å²) >= 11 is 0. The van der Waals surface area contributed by atoms with Crippen molar-refractivity contribution in [1.82, 2.24) is 19.5 Å². The number of likely N-dealkylation sites (tertiary alicyclic amines) is 1. The number of carbonyl (C=O) groups is 1. The van der Waals surface area contributed by atoms with Gasteiger partial charge in [0.05, 0.1) is 28.4 Å². The lowest BCUT2D eigenvalue weighted by molar-refractivity contribution is -0.137. The zero-order valence-electron chi connectivity index (χ0n) is 23.8. The average molecular weight is 616 g/mol. The Kier molecular flexibility index (Phi) is 9.80. The number of aromatic nitrogens is 1. The summed E-state index contributed by atoms with van der Waals surface area (Å²) in [6.45, 7) is 6.00. The number of nitrogens with zero attached hydrogens (tertiary/aromatic N) is 3. The molecule has 12 heteroatoms. The van der Waals surface area contributed by atoms with E-state index in [9.17, 15) is 26.4 Å². The molecule has 1 saturated heterocycles. The van der Waals surface area contributed by atoms with Gasteiger partial charge in [-0.1, -0.05) is 42.8 Å². The summed E-state index contributed by atoms with van der Waals surface area (Å²) in [4.78, 5) is 22.1. The highest BCUT2D eigenvalue weighted by molar-refractivity contribution is 7.89. The molecule has 0 spiro atoms. The summed E-state index contributed by atoms with van der Waals surface area (Å²) < 4.78 is 68.4. The summed E-state index contributed by atoms with van der Waals surface area (Å²) in [5, 5.41) is 2.83. The van der Waals surface area contributed by atoms with E-state index >= 15 is 0 Å². The Morgan fingerprint density at radius 1 is 0.930 bits per heavy atom. The van der Waals surface area contributed by atoms with Crippen LogP contribution in [0.2, 0.25) is 0 Å². The highest BCUT2D eigenvalue weighted by atomic mass is 32.2. The van der Waals surface area contributed by atoms with Gasteiger partial charge in [-0.05, 0) is 61.3 Å². The van der Waals surface area contributed by atoms with Crippen molar-refractivity contribution in [3.63, 3.8) is 0 Å². The molecule has 1 aromatic heterocycles. The molecule has 0 radical (unpaired) electrons. The molecule has 1 amide bonds. The molecule has 2 aromatic carbocycles. The van der Waals surface area contributed by atoms with Crippen molar-refractivity contribution in [2.45, 2.75) is 55.8 Å². The molecule has 0 saturated carbocycles. The van der Waals surface area contributed by atoms with Crippen LogP contribution in [0, 0.1) is 0 Å². The first-order chi connectivity index (χ1) is 20.6. The normalized spacial score (nSPS) is 17.3. The summed E-state index contributed by atoms with van der Waals surface area (Å²) in [5.74, 6) is -0.458. The fraction of sp³-hybridized carbons (Fsp3) is 0.419. The van der Waals surface area contributed by atoms with Crippen LogP contribution < -0.4 is 10.0 Å². The first-order valence-corrected chi connectivity index (χ1v) is 16.0. The number of benzene rings is 2. The van der Waals surface area contributed by atoms with Gasteiger partial charge in [0.2, 0.25) is 15.9 Å².